The van der Waals surface area contributed by atoms with Gasteiger partial charge < -0.3 is 19.1 Å². The predicted octanol–water partition coefficient (Wildman–Crippen LogP) is 6.08. The van der Waals surface area contributed by atoms with Crippen molar-refractivity contribution in [1.29, 1.82) is 0 Å². The van der Waals surface area contributed by atoms with Crippen LogP contribution < -0.4 is 14.5 Å². The molecule has 180 valence electrons. The summed E-state index contributed by atoms with van der Waals surface area (Å²) in [5.74, 6) is 1.85. The van der Waals surface area contributed by atoms with E-state index in [0.29, 0.717) is 5.02 Å². The summed E-state index contributed by atoms with van der Waals surface area (Å²) in [5, 5.41) is 1.78. The average molecular weight is 496 g/mol. The van der Waals surface area contributed by atoms with Crippen molar-refractivity contribution in [2.24, 2.45) is 0 Å². The molecule has 1 aliphatic heterocycles. The molecule has 0 aliphatic carbocycles. The third-order valence-electron chi connectivity index (χ3n) is 6.77. The number of hydrogen-bond donors (Lipinski definition) is 0. The normalized spacial score (nSPS) is 13.8. The number of anilines is 2. The molecule has 0 atom stereocenters. The Morgan fingerprint density at radius 2 is 1.42 bits per heavy atom. The maximum absolute atomic E-state index is 6.16. The molecule has 1 aliphatic rings. The number of fused-ring (bicyclic) bond motifs is 1. The smallest absolute Gasteiger partial charge is 0.150 e. The molecule has 1 fully saturated rings. The summed E-state index contributed by atoms with van der Waals surface area (Å²) < 4.78 is 7.44. The largest absolute Gasteiger partial charge is 0.497 e. The van der Waals surface area contributed by atoms with Gasteiger partial charge in [0.2, 0.25) is 0 Å². The van der Waals surface area contributed by atoms with Crippen LogP contribution in [-0.2, 0) is 0 Å². The fourth-order valence-corrected chi connectivity index (χ4v) is 5.02. The zero-order valence-corrected chi connectivity index (χ0v) is 20.8. The first-order valence-electron chi connectivity index (χ1n) is 12.0. The number of ether oxygens (including phenoxy) is 1. The minimum absolute atomic E-state index is 0.712. The Balaban J connectivity index is 1.38. The van der Waals surface area contributed by atoms with Crippen LogP contribution in [0.25, 0.3) is 27.8 Å². The van der Waals surface area contributed by atoms with Crippen LogP contribution in [-0.4, -0.2) is 47.8 Å². The number of methoxy groups -OCH3 is 1. The second-order valence-corrected chi connectivity index (χ2v) is 9.26. The standard InChI is InChI=1S/C29H26ClN5O/c1-36-25-13-11-23(12-14-25)33-15-17-34(18-16-33)28-27-26(21-5-3-2-4-6-21)19-35(29(27)32-20-31-28)24-9-7-22(30)8-10-24/h2-14,19-20H,15-18H2,1H3. The summed E-state index contributed by atoms with van der Waals surface area (Å²) >= 11 is 6.16. The molecule has 3 heterocycles. The lowest BCUT2D eigenvalue weighted by Crippen LogP contribution is -2.46. The van der Waals surface area contributed by atoms with Gasteiger partial charge in [0.05, 0.1) is 12.5 Å². The molecule has 0 unspecified atom stereocenters. The number of aromatic nitrogens is 3. The summed E-state index contributed by atoms with van der Waals surface area (Å²) in [4.78, 5) is 14.3. The van der Waals surface area contributed by atoms with E-state index >= 15 is 0 Å². The summed E-state index contributed by atoms with van der Waals surface area (Å²) in [5.41, 5.74) is 5.37. The zero-order chi connectivity index (χ0) is 24.5. The molecule has 1 saturated heterocycles. The quantitative estimate of drug-likeness (QED) is 0.296. The molecular formula is C29H26ClN5O. The second kappa shape index (κ2) is 9.55. The molecule has 0 spiro atoms. The summed E-state index contributed by atoms with van der Waals surface area (Å²) in [6.45, 7) is 3.57. The molecule has 36 heavy (non-hydrogen) atoms. The fourth-order valence-electron chi connectivity index (χ4n) is 4.89. The summed E-state index contributed by atoms with van der Waals surface area (Å²) in [6.07, 6.45) is 3.84. The predicted molar refractivity (Wildman–Crippen MR) is 147 cm³/mol. The highest BCUT2D eigenvalue weighted by Gasteiger charge is 2.24. The number of hydrogen-bond acceptors (Lipinski definition) is 5. The second-order valence-electron chi connectivity index (χ2n) is 8.82. The van der Waals surface area contributed by atoms with Crippen molar-refractivity contribution in [1.82, 2.24) is 14.5 Å². The van der Waals surface area contributed by atoms with Gasteiger partial charge in [0.1, 0.15) is 17.9 Å². The Hall–Kier alpha value is -4.03. The lowest BCUT2D eigenvalue weighted by Gasteiger charge is -2.37. The SMILES string of the molecule is COc1ccc(N2CCN(c3ncnc4c3c(-c3ccccc3)cn4-c3ccc(Cl)cc3)CC2)cc1. The van der Waals surface area contributed by atoms with Crippen molar-refractivity contribution in [2.45, 2.75) is 0 Å². The molecule has 2 aromatic heterocycles. The van der Waals surface area contributed by atoms with Crippen LogP contribution in [0.3, 0.4) is 0 Å². The Labute approximate surface area is 215 Å². The number of piperazine rings is 1. The van der Waals surface area contributed by atoms with Gasteiger partial charge in [0, 0.05) is 54.3 Å². The van der Waals surface area contributed by atoms with E-state index in [2.05, 4.69) is 57.0 Å². The third kappa shape index (κ3) is 4.14. The Bertz CT molecular complexity index is 1470. The molecule has 6 rings (SSSR count). The first-order valence-corrected chi connectivity index (χ1v) is 12.4. The number of halogens is 1. The van der Waals surface area contributed by atoms with Crippen molar-refractivity contribution >= 4 is 34.1 Å². The maximum Gasteiger partial charge on any atom is 0.150 e. The lowest BCUT2D eigenvalue weighted by atomic mass is 10.1. The minimum atomic E-state index is 0.712. The Kier molecular flexibility index (Phi) is 5.95. The molecule has 0 saturated carbocycles. The Morgan fingerprint density at radius 1 is 0.750 bits per heavy atom. The lowest BCUT2D eigenvalue weighted by molar-refractivity contribution is 0.415. The topological polar surface area (TPSA) is 46.4 Å². The van der Waals surface area contributed by atoms with E-state index in [1.807, 2.05) is 42.5 Å². The highest BCUT2D eigenvalue weighted by molar-refractivity contribution is 6.30. The minimum Gasteiger partial charge on any atom is -0.497 e. The molecule has 7 heteroatoms. The van der Waals surface area contributed by atoms with Crippen molar-refractivity contribution in [3.63, 3.8) is 0 Å². The average Bonchev–Trinajstić information content (AvgIpc) is 3.34. The van der Waals surface area contributed by atoms with Gasteiger partial charge in [-0.1, -0.05) is 41.9 Å². The first-order chi connectivity index (χ1) is 17.7. The third-order valence-corrected chi connectivity index (χ3v) is 7.02. The van der Waals surface area contributed by atoms with Gasteiger partial charge in [-0.05, 0) is 54.1 Å². The number of benzene rings is 3. The van der Waals surface area contributed by atoms with Crippen LogP contribution in [0.2, 0.25) is 5.02 Å². The van der Waals surface area contributed by atoms with Gasteiger partial charge in [0.25, 0.3) is 0 Å². The van der Waals surface area contributed by atoms with Crippen LogP contribution >= 0.6 is 11.6 Å². The molecule has 0 N–H and O–H groups in total. The van der Waals surface area contributed by atoms with Crippen LogP contribution in [0.5, 0.6) is 5.75 Å². The van der Waals surface area contributed by atoms with E-state index in [1.165, 1.54) is 5.69 Å². The van der Waals surface area contributed by atoms with Crippen molar-refractivity contribution in [3.8, 4) is 22.6 Å². The van der Waals surface area contributed by atoms with Gasteiger partial charge in [-0.25, -0.2) is 9.97 Å². The van der Waals surface area contributed by atoms with Crippen molar-refractivity contribution in [2.75, 3.05) is 43.1 Å². The fraction of sp³-hybridized carbons (Fsp3) is 0.172. The van der Waals surface area contributed by atoms with Gasteiger partial charge in [-0.15, -0.1) is 0 Å². The first kappa shape index (κ1) is 22.4. The van der Waals surface area contributed by atoms with Crippen LogP contribution in [0, 0.1) is 0 Å². The van der Waals surface area contributed by atoms with E-state index in [4.69, 9.17) is 26.3 Å². The van der Waals surface area contributed by atoms with E-state index < -0.39 is 0 Å². The monoisotopic (exact) mass is 495 g/mol. The van der Waals surface area contributed by atoms with E-state index in [1.54, 1.807) is 13.4 Å². The van der Waals surface area contributed by atoms with Gasteiger partial charge in [-0.3, -0.25) is 0 Å². The molecule has 0 bridgehead atoms. The van der Waals surface area contributed by atoms with E-state index in [0.717, 1.165) is 65.6 Å². The molecule has 0 radical (unpaired) electrons. The molecule has 6 nitrogen and oxygen atoms in total. The number of rotatable bonds is 5. The molecule has 0 amide bonds. The van der Waals surface area contributed by atoms with E-state index in [9.17, 15) is 0 Å². The highest BCUT2D eigenvalue weighted by Crippen LogP contribution is 2.37. The Morgan fingerprint density at radius 3 is 2.11 bits per heavy atom. The number of nitrogens with zero attached hydrogens (tertiary/aromatic N) is 5. The zero-order valence-electron chi connectivity index (χ0n) is 20.0. The van der Waals surface area contributed by atoms with E-state index in [-0.39, 0.29) is 0 Å². The molecule has 3 aromatic carbocycles. The van der Waals surface area contributed by atoms with Crippen LogP contribution in [0.4, 0.5) is 11.5 Å². The van der Waals surface area contributed by atoms with Crippen molar-refractivity contribution in [3.05, 3.63) is 96.4 Å². The molecular weight excluding hydrogens is 470 g/mol. The molecule has 5 aromatic rings. The van der Waals surface area contributed by atoms with Gasteiger partial charge in [-0.2, -0.15) is 0 Å². The van der Waals surface area contributed by atoms with Gasteiger partial charge >= 0.3 is 0 Å². The maximum atomic E-state index is 6.16. The summed E-state index contributed by atoms with van der Waals surface area (Å²) in [6, 6.07) is 26.6. The van der Waals surface area contributed by atoms with Crippen LogP contribution in [0.15, 0.2) is 91.4 Å². The van der Waals surface area contributed by atoms with Gasteiger partial charge in [0.15, 0.2) is 5.65 Å². The van der Waals surface area contributed by atoms with Crippen LogP contribution in [0.1, 0.15) is 0 Å². The highest BCUT2D eigenvalue weighted by atomic mass is 35.5. The van der Waals surface area contributed by atoms with Crippen molar-refractivity contribution < 1.29 is 4.74 Å². The summed E-state index contributed by atoms with van der Waals surface area (Å²) in [7, 11) is 1.69.